The average Bonchev–Trinajstić information content (AvgIpc) is 2.78. The van der Waals surface area contributed by atoms with Crippen LogP contribution in [0.5, 0.6) is 5.75 Å². The van der Waals surface area contributed by atoms with E-state index in [0.29, 0.717) is 49.7 Å². The molecule has 4 rings (SSSR count). The predicted octanol–water partition coefficient (Wildman–Crippen LogP) is 3.84. The molecule has 5 nitrogen and oxygen atoms in total. The molecule has 0 spiro atoms. The van der Waals surface area contributed by atoms with Crippen molar-refractivity contribution in [1.29, 1.82) is 0 Å². The lowest BCUT2D eigenvalue weighted by molar-refractivity contribution is 0.0534. The molecule has 5 heteroatoms. The molecule has 0 aromatic heterocycles. The molecule has 1 heterocycles. The molecule has 0 atom stereocenters. The van der Waals surface area contributed by atoms with Crippen molar-refractivity contribution in [2.75, 3.05) is 32.8 Å². The number of fused-ring (bicyclic) bond motifs is 1. The summed E-state index contributed by atoms with van der Waals surface area (Å²) in [5.41, 5.74) is 1.28. The summed E-state index contributed by atoms with van der Waals surface area (Å²) in [7, 11) is 0. The molecular weight excluding hydrogens is 364 g/mol. The van der Waals surface area contributed by atoms with E-state index in [9.17, 15) is 9.59 Å². The molecule has 1 fully saturated rings. The minimum Gasteiger partial charge on any atom is -0.493 e. The number of benzene rings is 3. The molecule has 0 unspecified atom stereocenters. The number of piperazine rings is 1. The van der Waals surface area contributed by atoms with E-state index in [4.69, 9.17) is 4.74 Å². The minimum absolute atomic E-state index is 0.0172. The van der Waals surface area contributed by atoms with Crippen LogP contribution in [-0.4, -0.2) is 54.4 Å². The third-order valence-electron chi connectivity index (χ3n) is 5.29. The smallest absolute Gasteiger partial charge is 0.257 e. The lowest BCUT2D eigenvalue weighted by atomic mass is 10.0. The van der Waals surface area contributed by atoms with Crippen molar-refractivity contribution in [1.82, 2.24) is 9.80 Å². The van der Waals surface area contributed by atoms with Gasteiger partial charge >= 0.3 is 0 Å². The van der Waals surface area contributed by atoms with Crippen LogP contribution in [-0.2, 0) is 0 Å². The van der Waals surface area contributed by atoms with Crippen LogP contribution in [0.3, 0.4) is 0 Å². The van der Waals surface area contributed by atoms with Gasteiger partial charge in [-0.3, -0.25) is 9.59 Å². The van der Waals surface area contributed by atoms with Crippen molar-refractivity contribution >= 4 is 22.6 Å². The first kappa shape index (κ1) is 19.0. The second-order valence-corrected chi connectivity index (χ2v) is 7.04. The zero-order valence-electron chi connectivity index (χ0n) is 16.5. The van der Waals surface area contributed by atoms with Gasteiger partial charge in [-0.15, -0.1) is 0 Å². The number of para-hydroxylation sites is 1. The molecule has 0 N–H and O–H groups in total. The van der Waals surface area contributed by atoms with Crippen LogP contribution in [0.25, 0.3) is 10.8 Å². The number of nitrogens with zero attached hydrogens (tertiary/aromatic N) is 2. The summed E-state index contributed by atoms with van der Waals surface area (Å²) < 4.78 is 5.59. The number of hydrogen-bond donors (Lipinski definition) is 0. The Balaban J connectivity index is 1.47. The van der Waals surface area contributed by atoms with Crippen molar-refractivity contribution < 1.29 is 14.3 Å². The third-order valence-corrected chi connectivity index (χ3v) is 5.29. The van der Waals surface area contributed by atoms with Gasteiger partial charge in [0.05, 0.1) is 12.2 Å². The summed E-state index contributed by atoms with van der Waals surface area (Å²) >= 11 is 0. The van der Waals surface area contributed by atoms with E-state index in [1.165, 1.54) is 0 Å². The Bertz CT molecular complexity index is 1030. The highest BCUT2D eigenvalue weighted by atomic mass is 16.5. The van der Waals surface area contributed by atoms with Gasteiger partial charge < -0.3 is 14.5 Å². The highest BCUT2D eigenvalue weighted by Gasteiger charge is 2.27. The summed E-state index contributed by atoms with van der Waals surface area (Å²) in [4.78, 5) is 29.7. The Morgan fingerprint density at radius 3 is 2.03 bits per heavy atom. The fourth-order valence-corrected chi connectivity index (χ4v) is 3.79. The lowest BCUT2D eigenvalue weighted by Gasteiger charge is -2.35. The number of carbonyl (C=O) groups excluding carboxylic acids is 2. The zero-order chi connectivity index (χ0) is 20.2. The number of hydrogen-bond acceptors (Lipinski definition) is 3. The molecule has 0 radical (unpaired) electrons. The topological polar surface area (TPSA) is 49.9 Å². The second-order valence-electron chi connectivity index (χ2n) is 7.04. The minimum atomic E-state index is -0.0497. The molecule has 0 aliphatic carbocycles. The van der Waals surface area contributed by atoms with Crippen molar-refractivity contribution in [3.05, 3.63) is 77.9 Å². The summed E-state index contributed by atoms with van der Waals surface area (Å²) in [6.07, 6.45) is 0. The Morgan fingerprint density at radius 2 is 1.31 bits per heavy atom. The van der Waals surface area contributed by atoms with E-state index in [0.717, 1.165) is 10.8 Å². The average molecular weight is 388 g/mol. The Labute approximate surface area is 170 Å². The Hall–Kier alpha value is -3.34. The molecule has 3 aromatic carbocycles. The maximum absolute atomic E-state index is 13.1. The number of rotatable bonds is 4. The quantitative estimate of drug-likeness (QED) is 0.682. The second kappa shape index (κ2) is 8.35. The Morgan fingerprint density at radius 1 is 0.759 bits per heavy atom. The van der Waals surface area contributed by atoms with Crippen LogP contribution < -0.4 is 4.74 Å². The fraction of sp³-hybridized carbons (Fsp3) is 0.250. The zero-order valence-corrected chi connectivity index (χ0v) is 16.5. The fourth-order valence-electron chi connectivity index (χ4n) is 3.79. The van der Waals surface area contributed by atoms with Gasteiger partial charge in [0.1, 0.15) is 5.75 Å². The van der Waals surface area contributed by atoms with Crippen LogP contribution in [0.2, 0.25) is 0 Å². The van der Waals surface area contributed by atoms with Crippen molar-refractivity contribution in [2.24, 2.45) is 0 Å². The lowest BCUT2D eigenvalue weighted by Crippen LogP contribution is -2.50. The summed E-state index contributed by atoms with van der Waals surface area (Å²) in [5.74, 6) is 0.573. The maximum Gasteiger partial charge on any atom is 0.257 e. The first-order chi connectivity index (χ1) is 14.2. The molecule has 0 saturated carbocycles. The molecule has 1 aliphatic heterocycles. The molecule has 1 aliphatic rings. The summed E-state index contributed by atoms with van der Waals surface area (Å²) in [5, 5.41) is 2.02. The van der Waals surface area contributed by atoms with E-state index in [2.05, 4.69) is 0 Å². The largest absolute Gasteiger partial charge is 0.493 e. The number of amides is 2. The van der Waals surface area contributed by atoms with Crippen molar-refractivity contribution in [3.8, 4) is 5.75 Å². The first-order valence-electron chi connectivity index (χ1n) is 9.97. The van der Waals surface area contributed by atoms with E-state index in [1.807, 2.05) is 72.5 Å². The molecule has 148 valence electrons. The Kier molecular flexibility index (Phi) is 5.47. The molecule has 3 aromatic rings. The van der Waals surface area contributed by atoms with E-state index in [-0.39, 0.29) is 11.8 Å². The molecule has 2 amide bonds. The van der Waals surface area contributed by atoms with Crippen molar-refractivity contribution in [2.45, 2.75) is 6.92 Å². The van der Waals surface area contributed by atoms with E-state index in [1.54, 1.807) is 11.0 Å². The monoisotopic (exact) mass is 388 g/mol. The van der Waals surface area contributed by atoms with Gasteiger partial charge in [0, 0.05) is 31.7 Å². The van der Waals surface area contributed by atoms with Crippen LogP contribution in [0.1, 0.15) is 27.6 Å². The van der Waals surface area contributed by atoms with Gasteiger partial charge in [-0.05, 0) is 35.9 Å². The van der Waals surface area contributed by atoms with Gasteiger partial charge in [-0.25, -0.2) is 0 Å². The molecular formula is C24H24N2O3. The molecule has 0 bridgehead atoms. The first-order valence-corrected chi connectivity index (χ1v) is 9.97. The molecule has 1 saturated heterocycles. The van der Waals surface area contributed by atoms with Gasteiger partial charge in [0.25, 0.3) is 11.8 Å². The maximum atomic E-state index is 13.1. The highest BCUT2D eigenvalue weighted by molar-refractivity contribution is 6.07. The van der Waals surface area contributed by atoms with E-state index >= 15 is 0 Å². The third kappa shape index (κ3) is 3.81. The van der Waals surface area contributed by atoms with Crippen LogP contribution in [0.4, 0.5) is 0 Å². The number of carbonyl (C=O) groups is 2. The summed E-state index contributed by atoms with van der Waals surface area (Å²) in [6, 6.07) is 21.0. The van der Waals surface area contributed by atoms with Crippen LogP contribution in [0.15, 0.2) is 66.7 Å². The summed E-state index contributed by atoms with van der Waals surface area (Å²) in [6.45, 7) is 4.47. The van der Waals surface area contributed by atoms with Gasteiger partial charge in [0.15, 0.2) is 0 Å². The normalized spacial score (nSPS) is 14.1. The SMILES string of the molecule is CCOc1ccccc1C(=O)N1CCN(C(=O)c2cccc3ccccc23)CC1. The van der Waals surface area contributed by atoms with Gasteiger partial charge in [-0.1, -0.05) is 48.5 Å². The van der Waals surface area contributed by atoms with Gasteiger partial charge in [0.2, 0.25) is 0 Å². The van der Waals surface area contributed by atoms with Crippen molar-refractivity contribution in [3.63, 3.8) is 0 Å². The van der Waals surface area contributed by atoms with E-state index < -0.39 is 0 Å². The highest BCUT2D eigenvalue weighted by Crippen LogP contribution is 2.23. The molecule has 29 heavy (non-hydrogen) atoms. The predicted molar refractivity (Wildman–Crippen MR) is 113 cm³/mol. The van der Waals surface area contributed by atoms with Crippen LogP contribution in [0, 0.1) is 0 Å². The standard InChI is InChI=1S/C24H24N2O3/c1-2-29-22-13-6-5-11-21(22)24(28)26-16-14-25(15-17-26)23(27)20-12-7-9-18-8-3-4-10-19(18)20/h3-13H,2,14-17H2,1H3. The van der Waals surface area contributed by atoms with Crippen LogP contribution >= 0.6 is 0 Å². The van der Waals surface area contributed by atoms with Gasteiger partial charge in [-0.2, -0.15) is 0 Å². The number of ether oxygens (including phenoxy) is 1.